The van der Waals surface area contributed by atoms with E-state index < -0.39 is 33.2 Å². The zero-order valence-corrected chi connectivity index (χ0v) is 15.6. The van der Waals surface area contributed by atoms with E-state index in [4.69, 9.17) is 0 Å². The minimum atomic E-state index is -4.53. The van der Waals surface area contributed by atoms with Gasteiger partial charge in [0.2, 0.25) is 0 Å². The highest BCUT2D eigenvalue weighted by Gasteiger charge is 2.36. The molecule has 0 saturated carbocycles. The third-order valence-corrected chi connectivity index (χ3v) is 4.91. The Hall–Kier alpha value is -0.250. The fourth-order valence-corrected chi connectivity index (χ4v) is 3.66. The van der Waals surface area contributed by atoms with Crippen molar-refractivity contribution in [2.75, 3.05) is 6.26 Å². The lowest BCUT2D eigenvalue weighted by atomic mass is 10.1. The molecule has 1 aromatic rings. The maximum absolute atomic E-state index is 13.2. The summed E-state index contributed by atoms with van der Waals surface area (Å²) in [6.45, 7) is 4.88. The van der Waals surface area contributed by atoms with Gasteiger partial charge >= 0.3 is 6.18 Å². The van der Waals surface area contributed by atoms with Crippen molar-refractivity contribution in [3.63, 3.8) is 0 Å². The molecule has 1 aromatic carbocycles. The van der Waals surface area contributed by atoms with Crippen LogP contribution in [0, 0.1) is 0 Å². The Kier molecular flexibility index (Phi) is 6.03. The molecule has 0 unspecified atom stereocenters. The summed E-state index contributed by atoms with van der Waals surface area (Å²) >= 11 is 4.19. The fourth-order valence-electron chi connectivity index (χ4n) is 1.55. The molecular formula is C13H16BrF3O3S2. The van der Waals surface area contributed by atoms with Gasteiger partial charge in [-0.25, -0.2) is 0 Å². The molecule has 126 valence electrons. The van der Waals surface area contributed by atoms with Crippen molar-refractivity contribution < 1.29 is 25.8 Å². The van der Waals surface area contributed by atoms with Crippen LogP contribution in [-0.4, -0.2) is 19.4 Å². The van der Waals surface area contributed by atoms with E-state index in [1.165, 1.54) is 6.07 Å². The fraction of sp³-hybridized carbons (Fsp3) is 0.538. The molecule has 0 saturated heterocycles. The standard InChI is InChI=1S/C13H16BrF3O3S2/c1-12(2,3)21-11-8(7-20-22(4,18)19)10(14)6-5-9(11)13(15,16)17/h5-6H,7H2,1-4H3. The molecule has 22 heavy (non-hydrogen) atoms. The molecule has 1 rings (SSSR count). The lowest BCUT2D eigenvalue weighted by Gasteiger charge is -2.24. The van der Waals surface area contributed by atoms with E-state index in [1.54, 1.807) is 20.8 Å². The van der Waals surface area contributed by atoms with E-state index in [0.29, 0.717) is 4.47 Å². The van der Waals surface area contributed by atoms with Crippen LogP contribution >= 0.6 is 27.7 Å². The number of hydrogen-bond acceptors (Lipinski definition) is 4. The van der Waals surface area contributed by atoms with Gasteiger partial charge in [0, 0.05) is 19.7 Å². The molecule has 0 spiro atoms. The monoisotopic (exact) mass is 420 g/mol. The summed E-state index contributed by atoms with van der Waals surface area (Å²) in [6.07, 6.45) is -3.68. The summed E-state index contributed by atoms with van der Waals surface area (Å²) in [5.74, 6) is 0. The smallest absolute Gasteiger partial charge is 0.265 e. The molecule has 9 heteroatoms. The average Bonchev–Trinajstić information content (AvgIpc) is 2.22. The summed E-state index contributed by atoms with van der Waals surface area (Å²) < 4.78 is 66.5. The van der Waals surface area contributed by atoms with Crippen LogP contribution in [0.1, 0.15) is 31.9 Å². The predicted molar refractivity (Wildman–Crippen MR) is 84.4 cm³/mol. The van der Waals surface area contributed by atoms with E-state index in [9.17, 15) is 21.6 Å². The van der Waals surface area contributed by atoms with Gasteiger partial charge in [-0.05, 0) is 12.1 Å². The van der Waals surface area contributed by atoms with Gasteiger partial charge in [0.25, 0.3) is 10.1 Å². The Bertz CT molecular complexity index is 650. The average molecular weight is 421 g/mol. The quantitative estimate of drug-likeness (QED) is 0.516. The molecular weight excluding hydrogens is 405 g/mol. The molecule has 0 amide bonds. The van der Waals surface area contributed by atoms with Crippen molar-refractivity contribution in [2.24, 2.45) is 0 Å². The van der Waals surface area contributed by atoms with Crippen LogP contribution in [0.5, 0.6) is 0 Å². The Balaban J connectivity index is 3.45. The summed E-state index contributed by atoms with van der Waals surface area (Å²) in [5, 5.41) is 0. The van der Waals surface area contributed by atoms with Crippen LogP contribution in [0.3, 0.4) is 0 Å². The Labute approximate surface area is 140 Å². The van der Waals surface area contributed by atoms with Crippen molar-refractivity contribution in [3.8, 4) is 0 Å². The van der Waals surface area contributed by atoms with Crippen molar-refractivity contribution in [1.82, 2.24) is 0 Å². The topological polar surface area (TPSA) is 43.4 Å². The first-order valence-corrected chi connectivity index (χ1v) is 9.55. The number of hydrogen-bond donors (Lipinski definition) is 0. The lowest BCUT2D eigenvalue weighted by molar-refractivity contribution is -0.139. The first-order valence-electron chi connectivity index (χ1n) is 6.13. The molecule has 0 aromatic heterocycles. The van der Waals surface area contributed by atoms with Crippen LogP contribution in [0.2, 0.25) is 0 Å². The summed E-state index contributed by atoms with van der Waals surface area (Å²) in [6, 6.07) is 2.22. The van der Waals surface area contributed by atoms with Gasteiger partial charge in [-0.2, -0.15) is 21.6 Å². The highest BCUT2D eigenvalue weighted by atomic mass is 79.9. The molecule has 0 aliphatic heterocycles. The lowest BCUT2D eigenvalue weighted by Crippen LogP contribution is -2.15. The van der Waals surface area contributed by atoms with Crippen molar-refractivity contribution >= 4 is 37.8 Å². The Morgan fingerprint density at radius 2 is 1.77 bits per heavy atom. The predicted octanol–water partition coefficient (Wildman–Crippen LogP) is 4.83. The molecule has 0 bridgehead atoms. The van der Waals surface area contributed by atoms with Gasteiger partial charge in [0.15, 0.2) is 0 Å². The summed E-state index contributed by atoms with van der Waals surface area (Å²) in [5.41, 5.74) is -0.636. The minimum absolute atomic E-state index is 0.0296. The normalized spacial score (nSPS) is 13.5. The molecule has 0 radical (unpaired) electrons. The van der Waals surface area contributed by atoms with Gasteiger partial charge in [-0.3, -0.25) is 4.18 Å². The third kappa shape index (κ3) is 6.10. The number of alkyl halides is 3. The second kappa shape index (κ2) is 6.70. The number of thioether (sulfide) groups is 1. The Morgan fingerprint density at radius 1 is 1.23 bits per heavy atom. The van der Waals surface area contributed by atoms with E-state index in [-0.39, 0.29) is 10.5 Å². The van der Waals surface area contributed by atoms with Gasteiger partial charge in [-0.1, -0.05) is 36.7 Å². The summed E-state index contributed by atoms with van der Waals surface area (Å²) in [4.78, 5) is -0.0296. The van der Waals surface area contributed by atoms with E-state index in [1.807, 2.05) is 0 Å². The molecule has 0 aliphatic rings. The van der Waals surface area contributed by atoms with Crippen LogP contribution < -0.4 is 0 Å². The second-order valence-corrected chi connectivity index (χ2v) is 9.92. The zero-order valence-electron chi connectivity index (χ0n) is 12.4. The molecule has 0 heterocycles. The second-order valence-electron chi connectivity index (χ2n) is 5.58. The summed E-state index contributed by atoms with van der Waals surface area (Å²) in [7, 11) is -3.76. The zero-order chi connectivity index (χ0) is 17.3. The SMILES string of the molecule is CC(C)(C)Sc1c(C(F)(F)F)ccc(Br)c1COS(C)(=O)=O. The van der Waals surface area contributed by atoms with Crippen molar-refractivity contribution in [3.05, 3.63) is 27.7 Å². The first-order chi connectivity index (χ1) is 9.71. The van der Waals surface area contributed by atoms with Gasteiger partial charge < -0.3 is 0 Å². The van der Waals surface area contributed by atoms with E-state index in [0.717, 1.165) is 24.1 Å². The molecule has 0 N–H and O–H groups in total. The minimum Gasteiger partial charge on any atom is -0.265 e. The number of halogens is 4. The van der Waals surface area contributed by atoms with E-state index in [2.05, 4.69) is 20.1 Å². The first kappa shape index (κ1) is 19.8. The molecule has 0 fully saturated rings. The molecule has 3 nitrogen and oxygen atoms in total. The molecule has 0 aliphatic carbocycles. The van der Waals surface area contributed by atoms with E-state index >= 15 is 0 Å². The highest BCUT2D eigenvalue weighted by Crippen LogP contribution is 2.45. The van der Waals surface area contributed by atoms with Crippen molar-refractivity contribution in [2.45, 2.75) is 43.2 Å². The Morgan fingerprint density at radius 3 is 2.18 bits per heavy atom. The van der Waals surface area contributed by atoms with Crippen molar-refractivity contribution in [1.29, 1.82) is 0 Å². The van der Waals surface area contributed by atoms with Gasteiger partial charge in [0.05, 0.1) is 18.4 Å². The third-order valence-electron chi connectivity index (χ3n) is 2.33. The van der Waals surface area contributed by atoms with Crippen LogP contribution in [-0.2, 0) is 27.1 Å². The number of rotatable bonds is 4. The van der Waals surface area contributed by atoms with Crippen LogP contribution in [0.4, 0.5) is 13.2 Å². The van der Waals surface area contributed by atoms with Gasteiger partial charge in [-0.15, -0.1) is 11.8 Å². The maximum Gasteiger partial charge on any atom is 0.417 e. The highest BCUT2D eigenvalue weighted by molar-refractivity contribution is 9.10. The molecule has 0 atom stereocenters. The van der Waals surface area contributed by atoms with Crippen LogP contribution in [0.25, 0.3) is 0 Å². The largest absolute Gasteiger partial charge is 0.417 e. The van der Waals surface area contributed by atoms with Gasteiger partial charge in [0.1, 0.15) is 0 Å². The van der Waals surface area contributed by atoms with Crippen LogP contribution in [0.15, 0.2) is 21.5 Å². The number of benzene rings is 1. The maximum atomic E-state index is 13.2.